The van der Waals surface area contributed by atoms with Crippen molar-refractivity contribution in [3.63, 3.8) is 0 Å². The number of ether oxygens (including phenoxy) is 1. The third-order valence-electron chi connectivity index (χ3n) is 2.95. The van der Waals surface area contributed by atoms with E-state index in [0.29, 0.717) is 5.75 Å². The fourth-order valence-corrected chi connectivity index (χ4v) is 2.02. The molecule has 0 aliphatic rings. The monoisotopic (exact) mass is 259 g/mol. The fraction of sp³-hybridized carbons (Fsp3) is 0.267. The lowest BCUT2D eigenvalue weighted by molar-refractivity contribution is -0.137. The van der Waals surface area contributed by atoms with E-state index in [4.69, 9.17) is 9.84 Å². The molecule has 0 atom stereocenters. The van der Waals surface area contributed by atoms with Gasteiger partial charge in [0.15, 0.2) is 0 Å². The highest BCUT2D eigenvalue weighted by Gasteiger charge is 2.04. The van der Waals surface area contributed by atoms with Gasteiger partial charge in [-0.05, 0) is 50.2 Å². The molecule has 100 valence electrons. The Morgan fingerprint density at radius 1 is 1.11 bits per heavy atom. The van der Waals surface area contributed by atoms with E-state index < -0.39 is 5.97 Å². The maximum Gasteiger partial charge on any atom is 0.306 e. The fourth-order valence-electron chi connectivity index (χ4n) is 2.02. The van der Waals surface area contributed by atoms with Crippen LogP contribution in [0.3, 0.4) is 0 Å². The van der Waals surface area contributed by atoms with Crippen molar-refractivity contribution in [3.05, 3.63) is 47.8 Å². The van der Waals surface area contributed by atoms with Crippen molar-refractivity contribution in [1.82, 2.24) is 4.57 Å². The van der Waals surface area contributed by atoms with E-state index in [-0.39, 0.29) is 13.0 Å². The molecule has 1 N–H and O–H groups in total. The van der Waals surface area contributed by atoms with Crippen LogP contribution in [0.2, 0.25) is 0 Å². The van der Waals surface area contributed by atoms with Gasteiger partial charge in [-0.15, -0.1) is 0 Å². The molecule has 19 heavy (non-hydrogen) atoms. The third-order valence-corrected chi connectivity index (χ3v) is 2.95. The summed E-state index contributed by atoms with van der Waals surface area (Å²) in [4.78, 5) is 10.4. The molecule has 0 amide bonds. The third kappa shape index (κ3) is 3.16. The number of carboxylic acid groups (broad SMARTS) is 1. The van der Waals surface area contributed by atoms with Crippen LogP contribution < -0.4 is 4.74 Å². The van der Waals surface area contributed by atoms with Crippen LogP contribution in [0.15, 0.2) is 36.4 Å². The highest BCUT2D eigenvalue weighted by Crippen LogP contribution is 2.19. The molecular formula is C15H17NO3. The summed E-state index contributed by atoms with van der Waals surface area (Å²) in [5.74, 6) is -0.164. The summed E-state index contributed by atoms with van der Waals surface area (Å²) < 4.78 is 7.51. The molecule has 0 saturated carbocycles. The van der Waals surface area contributed by atoms with Crippen LogP contribution in [0.4, 0.5) is 0 Å². The van der Waals surface area contributed by atoms with E-state index in [1.807, 2.05) is 24.3 Å². The second-order valence-electron chi connectivity index (χ2n) is 4.44. The highest BCUT2D eigenvalue weighted by atomic mass is 16.5. The number of aliphatic carboxylic acids is 1. The van der Waals surface area contributed by atoms with Gasteiger partial charge in [-0.3, -0.25) is 4.79 Å². The molecule has 4 heteroatoms. The van der Waals surface area contributed by atoms with E-state index in [1.165, 1.54) is 11.4 Å². The number of rotatable bonds is 5. The van der Waals surface area contributed by atoms with Gasteiger partial charge in [0.1, 0.15) is 5.75 Å². The van der Waals surface area contributed by atoms with Gasteiger partial charge in [0.25, 0.3) is 0 Å². The number of aryl methyl sites for hydroxylation is 2. The van der Waals surface area contributed by atoms with E-state index in [1.54, 1.807) is 0 Å². The van der Waals surface area contributed by atoms with Crippen molar-refractivity contribution in [3.8, 4) is 11.4 Å². The van der Waals surface area contributed by atoms with Gasteiger partial charge in [-0.2, -0.15) is 0 Å². The number of benzene rings is 1. The number of hydrogen-bond acceptors (Lipinski definition) is 2. The molecular weight excluding hydrogens is 242 g/mol. The number of aromatic nitrogens is 1. The van der Waals surface area contributed by atoms with Crippen LogP contribution in [0, 0.1) is 13.8 Å². The molecule has 0 bridgehead atoms. The summed E-state index contributed by atoms with van der Waals surface area (Å²) >= 11 is 0. The number of carboxylic acids is 1. The van der Waals surface area contributed by atoms with Crippen LogP contribution in [0.5, 0.6) is 5.75 Å². The zero-order valence-corrected chi connectivity index (χ0v) is 11.1. The minimum absolute atomic E-state index is 0.0115. The largest absolute Gasteiger partial charge is 0.493 e. The Kier molecular flexibility index (Phi) is 3.90. The molecule has 0 fully saturated rings. The molecule has 0 saturated heterocycles. The van der Waals surface area contributed by atoms with Gasteiger partial charge in [0.2, 0.25) is 0 Å². The summed E-state index contributed by atoms with van der Waals surface area (Å²) in [6.45, 7) is 4.31. The summed E-state index contributed by atoms with van der Waals surface area (Å²) in [6.07, 6.45) is 0.0115. The predicted molar refractivity (Wildman–Crippen MR) is 73.0 cm³/mol. The Bertz CT molecular complexity index is 550. The number of hydrogen-bond donors (Lipinski definition) is 1. The van der Waals surface area contributed by atoms with Gasteiger partial charge in [0, 0.05) is 17.1 Å². The Morgan fingerprint density at radius 2 is 1.68 bits per heavy atom. The van der Waals surface area contributed by atoms with Crippen molar-refractivity contribution in [2.24, 2.45) is 0 Å². The Morgan fingerprint density at radius 3 is 2.21 bits per heavy atom. The Hall–Kier alpha value is -2.23. The second kappa shape index (κ2) is 5.61. The smallest absolute Gasteiger partial charge is 0.306 e. The SMILES string of the molecule is Cc1ccc(C)n1-c1ccc(OCCC(=O)O)cc1. The number of nitrogens with zero attached hydrogens (tertiary/aromatic N) is 1. The van der Waals surface area contributed by atoms with Gasteiger partial charge >= 0.3 is 5.97 Å². The van der Waals surface area contributed by atoms with Gasteiger partial charge in [-0.25, -0.2) is 0 Å². The van der Waals surface area contributed by atoms with Crippen LogP contribution in [-0.4, -0.2) is 22.2 Å². The van der Waals surface area contributed by atoms with Gasteiger partial charge in [-0.1, -0.05) is 0 Å². The molecule has 0 aliphatic heterocycles. The summed E-state index contributed by atoms with van der Waals surface area (Å²) in [7, 11) is 0. The molecule has 0 radical (unpaired) electrons. The van der Waals surface area contributed by atoms with Crippen molar-refractivity contribution >= 4 is 5.97 Å². The van der Waals surface area contributed by atoms with E-state index in [2.05, 4.69) is 30.5 Å². The van der Waals surface area contributed by atoms with Crippen molar-refractivity contribution < 1.29 is 14.6 Å². The summed E-state index contributed by atoms with van der Waals surface area (Å²) in [5.41, 5.74) is 3.43. The minimum atomic E-state index is -0.852. The average molecular weight is 259 g/mol. The topological polar surface area (TPSA) is 51.5 Å². The molecule has 1 aromatic carbocycles. The molecule has 0 aliphatic carbocycles. The molecule has 0 spiro atoms. The van der Waals surface area contributed by atoms with Crippen LogP contribution >= 0.6 is 0 Å². The molecule has 0 unspecified atom stereocenters. The quantitative estimate of drug-likeness (QED) is 0.898. The predicted octanol–water partition coefficient (Wildman–Crippen LogP) is 2.95. The van der Waals surface area contributed by atoms with Crippen molar-refractivity contribution in [2.75, 3.05) is 6.61 Å². The van der Waals surface area contributed by atoms with Gasteiger partial charge in [0.05, 0.1) is 13.0 Å². The molecule has 1 aromatic heterocycles. The summed E-state index contributed by atoms with van der Waals surface area (Å²) in [5, 5.41) is 8.54. The first-order valence-corrected chi connectivity index (χ1v) is 6.18. The average Bonchev–Trinajstić information content (AvgIpc) is 2.70. The van der Waals surface area contributed by atoms with E-state index in [9.17, 15) is 4.79 Å². The molecule has 2 aromatic rings. The Balaban J connectivity index is 2.08. The second-order valence-corrected chi connectivity index (χ2v) is 4.44. The van der Waals surface area contributed by atoms with Gasteiger partial charge < -0.3 is 14.4 Å². The highest BCUT2D eigenvalue weighted by molar-refractivity contribution is 5.66. The first-order chi connectivity index (χ1) is 9.08. The number of carbonyl (C=O) groups is 1. The zero-order chi connectivity index (χ0) is 13.8. The van der Waals surface area contributed by atoms with Crippen molar-refractivity contribution in [1.29, 1.82) is 0 Å². The van der Waals surface area contributed by atoms with E-state index in [0.717, 1.165) is 5.69 Å². The van der Waals surface area contributed by atoms with Crippen LogP contribution in [-0.2, 0) is 4.79 Å². The minimum Gasteiger partial charge on any atom is -0.493 e. The Labute approximate surface area is 112 Å². The lowest BCUT2D eigenvalue weighted by Crippen LogP contribution is -2.05. The lowest BCUT2D eigenvalue weighted by atomic mass is 10.3. The maximum atomic E-state index is 10.4. The molecule has 2 rings (SSSR count). The summed E-state index contributed by atoms with van der Waals surface area (Å²) in [6, 6.07) is 11.8. The molecule has 4 nitrogen and oxygen atoms in total. The standard InChI is InChI=1S/C15H17NO3/c1-11-3-4-12(2)16(11)13-5-7-14(8-6-13)19-10-9-15(17)18/h3-8H,9-10H2,1-2H3,(H,17,18). The van der Waals surface area contributed by atoms with Crippen LogP contribution in [0.25, 0.3) is 5.69 Å². The normalized spacial score (nSPS) is 10.4. The van der Waals surface area contributed by atoms with E-state index >= 15 is 0 Å². The zero-order valence-electron chi connectivity index (χ0n) is 11.1. The lowest BCUT2D eigenvalue weighted by Gasteiger charge is -2.10. The van der Waals surface area contributed by atoms with Crippen molar-refractivity contribution in [2.45, 2.75) is 20.3 Å². The molecule has 1 heterocycles. The van der Waals surface area contributed by atoms with Crippen LogP contribution in [0.1, 0.15) is 17.8 Å². The maximum absolute atomic E-state index is 10.4. The first-order valence-electron chi connectivity index (χ1n) is 6.18. The first kappa shape index (κ1) is 13.2.